The van der Waals surface area contributed by atoms with E-state index in [-0.39, 0.29) is 18.0 Å². The molecule has 6 heteroatoms. The molecule has 2 N–H and O–H groups in total. The minimum atomic E-state index is -0.331. The SMILES string of the molecule is Cc1cccnc1NC(=O)N[C@H](CN1CCCC1=O)c1ccccc1. The molecule has 25 heavy (non-hydrogen) atoms. The van der Waals surface area contributed by atoms with Crippen LogP contribution in [0.5, 0.6) is 0 Å². The van der Waals surface area contributed by atoms with Gasteiger partial charge in [0.15, 0.2) is 0 Å². The highest BCUT2D eigenvalue weighted by molar-refractivity contribution is 5.89. The Hall–Kier alpha value is -2.89. The van der Waals surface area contributed by atoms with E-state index in [9.17, 15) is 9.59 Å². The molecule has 1 fully saturated rings. The second-order valence-electron chi connectivity index (χ2n) is 6.17. The molecule has 2 aromatic rings. The lowest BCUT2D eigenvalue weighted by Crippen LogP contribution is -2.40. The Bertz CT molecular complexity index is 748. The van der Waals surface area contributed by atoms with E-state index in [4.69, 9.17) is 0 Å². The lowest BCUT2D eigenvalue weighted by molar-refractivity contribution is -0.128. The van der Waals surface area contributed by atoms with E-state index in [1.54, 1.807) is 6.20 Å². The minimum absolute atomic E-state index is 0.142. The van der Waals surface area contributed by atoms with Crippen molar-refractivity contribution in [3.63, 3.8) is 0 Å². The number of aryl methyl sites for hydroxylation is 1. The fourth-order valence-corrected chi connectivity index (χ4v) is 2.96. The summed E-state index contributed by atoms with van der Waals surface area (Å²) in [4.78, 5) is 30.4. The molecule has 6 nitrogen and oxygen atoms in total. The Morgan fingerprint density at radius 2 is 2.04 bits per heavy atom. The first-order valence-corrected chi connectivity index (χ1v) is 8.45. The van der Waals surface area contributed by atoms with E-state index in [1.165, 1.54) is 0 Å². The molecule has 0 unspecified atom stereocenters. The molecule has 0 saturated carbocycles. The first-order chi connectivity index (χ1) is 12.1. The van der Waals surface area contributed by atoms with Gasteiger partial charge in [0.25, 0.3) is 0 Å². The van der Waals surface area contributed by atoms with Gasteiger partial charge in [-0.25, -0.2) is 9.78 Å². The smallest absolute Gasteiger partial charge is 0.320 e. The van der Waals surface area contributed by atoms with Crippen molar-refractivity contribution in [1.29, 1.82) is 0 Å². The normalized spacial score (nSPS) is 15.1. The largest absolute Gasteiger partial charge is 0.340 e. The van der Waals surface area contributed by atoms with E-state index in [2.05, 4.69) is 15.6 Å². The van der Waals surface area contributed by atoms with E-state index in [0.29, 0.717) is 18.8 Å². The third-order valence-corrected chi connectivity index (χ3v) is 4.32. The van der Waals surface area contributed by atoms with Gasteiger partial charge in [-0.3, -0.25) is 10.1 Å². The van der Waals surface area contributed by atoms with Crippen molar-refractivity contribution in [3.05, 3.63) is 59.8 Å². The summed E-state index contributed by atoms with van der Waals surface area (Å²) in [5, 5.41) is 5.75. The molecule has 1 atom stereocenters. The van der Waals surface area contributed by atoms with Crippen LogP contribution in [-0.2, 0) is 4.79 Å². The number of nitrogens with one attached hydrogen (secondary N) is 2. The number of carbonyl (C=O) groups excluding carboxylic acids is 2. The summed E-state index contributed by atoms with van der Waals surface area (Å²) in [5.41, 5.74) is 1.86. The predicted molar refractivity (Wildman–Crippen MR) is 96.1 cm³/mol. The summed E-state index contributed by atoms with van der Waals surface area (Å²) in [6, 6.07) is 12.8. The average molecular weight is 338 g/mol. The highest BCUT2D eigenvalue weighted by Gasteiger charge is 2.25. The number of carbonyl (C=O) groups is 2. The van der Waals surface area contributed by atoms with Crippen LogP contribution in [0, 0.1) is 6.92 Å². The molecule has 0 radical (unpaired) electrons. The van der Waals surface area contributed by atoms with Gasteiger partial charge in [0.1, 0.15) is 5.82 Å². The molecule has 0 bridgehead atoms. The maximum absolute atomic E-state index is 12.4. The first kappa shape index (κ1) is 17.0. The topological polar surface area (TPSA) is 74.3 Å². The molecule has 2 heterocycles. The van der Waals surface area contributed by atoms with Crippen molar-refractivity contribution in [2.45, 2.75) is 25.8 Å². The number of anilines is 1. The number of likely N-dealkylation sites (tertiary alicyclic amines) is 1. The molecule has 1 aromatic carbocycles. The fourth-order valence-electron chi connectivity index (χ4n) is 2.96. The van der Waals surface area contributed by atoms with Crippen LogP contribution in [0.3, 0.4) is 0 Å². The van der Waals surface area contributed by atoms with Gasteiger partial charge in [0.05, 0.1) is 6.04 Å². The second kappa shape index (κ2) is 7.79. The van der Waals surface area contributed by atoms with Gasteiger partial charge in [-0.15, -0.1) is 0 Å². The number of aromatic nitrogens is 1. The third kappa shape index (κ3) is 4.35. The summed E-state index contributed by atoms with van der Waals surface area (Å²) < 4.78 is 0. The molecule has 0 spiro atoms. The standard InChI is InChI=1S/C19H22N4O2/c1-14-7-5-11-20-18(14)22-19(25)21-16(15-8-3-2-4-9-15)13-23-12-6-10-17(23)24/h2-5,7-9,11,16H,6,10,12-13H2,1H3,(H2,20,21,22,25)/t16-/m1/s1. The summed E-state index contributed by atoms with van der Waals surface area (Å²) in [5.74, 6) is 0.674. The molecule has 130 valence electrons. The van der Waals surface area contributed by atoms with Crippen molar-refractivity contribution in [2.24, 2.45) is 0 Å². The van der Waals surface area contributed by atoms with Crippen LogP contribution < -0.4 is 10.6 Å². The zero-order valence-electron chi connectivity index (χ0n) is 14.2. The lowest BCUT2D eigenvalue weighted by atomic mass is 10.1. The van der Waals surface area contributed by atoms with Crippen LogP contribution in [0.4, 0.5) is 10.6 Å². The molecule has 3 rings (SSSR count). The van der Waals surface area contributed by atoms with Crippen molar-refractivity contribution in [2.75, 3.05) is 18.4 Å². The first-order valence-electron chi connectivity index (χ1n) is 8.45. The van der Waals surface area contributed by atoms with Gasteiger partial charge < -0.3 is 10.2 Å². The predicted octanol–water partition coefficient (Wildman–Crippen LogP) is 2.88. The van der Waals surface area contributed by atoms with Crippen LogP contribution in [0.15, 0.2) is 48.7 Å². The van der Waals surface area contributed by atoms with Gasteiger partial charge in [-0.2, -0.15) is 0 Å². The molecule has 1 saturated heterocycles. The van der Waals surface area contributed by atoms with Crippen LogP contribution in [0.25, 0.3) is 0 Å². The van der Waals surface area contributed by atoms with E-state index >= 15 is 0 Å². The highest BCUT2D eigenvalue weighted by atomic mass is 16.2. The number of nitrogens with zero attached hydrogens (tertiary/aromatic N) is 2. The van der Waals surface area contributed by atoms with E-state index in [1.807, 2.05) is 54.3 Å². The van der Waals surface area contributed by atoms with Gasteiger partial charge >= 0.3 is 6.03 Å². The lowest BCUT2D eigenvalue weighted by Gasteiger charge is -2.25. The molecule has 0 aliphatic carbocycles. The third-order valence-electron chi connectivity index (χ3n) is 4.32. The number of rotatable bonds is 5. The zero-order valence-corrected chi connectivity index (χ0v) is 14.2. The van der Waals surface area contributed by atoms with Gasteiger partial charge in [0.2, 0.25) is 5.91 Å². The zero-order chi connectivity index (χ0) is 17.6. The van der Waals surface area contributed by atoms with Crippen LogP contribution in [0.2, 0.25) is 0 Å². The molecule has 3 amide bonds. The monoisotopic (exact) mass is 338 g/mol. The summed E-state index contributed by atoms with van der Waals surface area (Å²) in [6.45, 7) is 3.10. The molecule has 1 aliphatic heterocycles. The van der Waals surface area contributed by atoms with Crippen LogP contribution >= 0.6 is 0 Å². The molecule has 1 aliphatic rings. The van der Waals surface area contributed by atoms with Crippen molar-refractivity contribution >= 4 is 17.8 Å². The van der Waals surface area contributed by atoms with Crippen molar-refractivity contribution in [1.82, 2.24) is 15.2 Å². The Balaban J connectivity index is 1.72. The number of hydrogen-bond donors (Lipinski definition) is 2. The number of hydrogen-bond acceptors (Lipinski definition) is 3. The second-order valence-corrected chi connectivity index (χ2v) is 6.17. The van der Waals surface area contributed by atoms with Gasteiger partial charge in [-0.1, -0.05) is 36.4 Å². The van der Waals surface area contributed by atoms with Crippen LogP contribution in [-0.4, -0.2) is 34.9 Å². The highest BCUT2D eigenvalue weighted by Crippen LogP contribution is 2.19. The summed E-state index contributed by atoms with van der Waals surface area (Å²) in [6.07, 6.45) is 3.10. The van der Waals surface area contributed by atoms with Crippen LogP contribution in [0.1, 0.15) is 30.0 Å². The average Bonchev–Trinajstić information content (AvgIpc) is 3.02. The number of urea groups is 1. The Labute approximate surface area is 147 Å². The number of amides is 3. The molecular formula is C19H22N4O2. The Morgan fingerprint density at radius 3 is 2.72 bits per heavy atom. The molecular weight excluding hydrogens is 316 g/mol. The van der Waals surface area contributed by atoms with Gasteiger partial charge in [-0.05, 0) is 30.5 Å². The van der Waals surface area contributed by atoms with E-state index in [0.717, 1.165) is 24.1 Å². The minimum Gasteiger partial charge on any atom is -0.340 e. The van der Waals surface area contributed by atoms with Crippen molar-refractivity contribution in [3.8, 4) is 0 Å². The van der Waals surface area contributed by atoms with Gasteiger partial charge in [0, 0.05) is 25.7 Å². The Kier molecular flexibility index (Phi) is 5.28. The van der Waals surface area contributed by atoms with E-state index < -0.39 is 0 Å². The fraction of sp³-hybridized carbons (Fsp3) is 0.316. The maximum atomic E-state index is 12.4. The quantitative estimate of drug-likeness (QED) is 0.880. The number of pyridine rings is 1. The molecule has 1 aromatic heterocycles. The summed E-state index contributed by atoms with van der Waals surface area (Å²) >= 11 is 0. The summed E-state index contributed by atoms with van der Waals surface area (Å²) in [7, 11) is 0. The Morgan fingerprint density at radius 1 is 1.24 bits per heavy atom. The maximum Gasteiger partial charge on any atom is 0.320 e. The van der Waals surface area contributed by atoms with Crippen molar-refractivity contribution < 1.29 is 9.59 Å². The number of benzene rings is 1.